The number of aliphatic hydroxyl groups is 1. The van der Waals surface area contributed by atoms with Gasteiger partial charge < -0.3 is 10.4 Å². The highest BCUT2D eigenvalue weighted by Gasteiger charge is 2.27. The van der Waals surface area contributed by atoms with E-state index in [9.17, 15) is 9.90 Å². The van der Waals surface area contributed by atoms with Gasteiger partial charge in [-0.05, 0) is 34.9 Å². The van der Waals surface area contributed by atoms with Crippen LogP contribution in [-0.2, 0) is 4.79 Å². The monoisotopic (exact) mass is 433 g/mol. The Bertz CT molecular complexity index is 1040. The Kier molecular flexibility index (Phi) is 7.32. The molecule has 0 aliphatic heterocycles. The van der Waals surface area contributed by atoms with E-state index in [1.807, 2.05) is 93.6 Å². The first-order valence-corrected chi connectivity index (χ1v) is 10.7. The number of nitrogens with one attached hydrogen (secondary N) is 1. The Balaban J connectivity index is 2.05. The summed E-state index contributed by atoms with van der Waals surface area (Å²) in [6.45, 7) is 5.60. The summed E-state index contributed by atoms with van der Waals surface area (Å²) in [4.78, 5) is 12.7. The summed E-state index contributed by atoms with van der Waals surface area (Å²) >= 11 is 6.34. The summed E-state index contributed by atoms with van der Waals surface area (Å²) < 4.78 is 0. The number of benzene rings is 3. The maximum absolute atomic E-state index is 12.7. The molecule has 0 fully saturated rings. The van der Waals surface area contributed by atoms with Gasteiger partial charge in [0.05, 0.1) is 6.10 Å². The average Bonchev–Trinajstić information content (AvgIpc) is 2.75. The first-order chi connectivity index (χ1) is 14.8. The zero-order valence-corrected chi connectivity index (χ0v) is 18.8. The first kappa shape index (κ1) is 22.8. The third-order valence-electron chi connectivity index (χ3n) is 5.06. The van der Waals surface area contributed by atoms with Gasteiger partial charge in [0, 0.05) is 22.0 Å². The first-order valence-electron chi connectivity index (χ1n) is 10.3. The summed E-state index contributed by atoms with van der Waals surface area (Å²) in [6.07, 6.45) is 2.85. The fourth-order valence-corrected chi connectivity index (χ4v) is 3.50. The SMILES string of the molecule is CC(C)(C)C(=O)Nc1ccc(Cl)cc1[C@@H](c1ccccc1)[C@H](O)/C=C/c1ccccc1. The number of anilines is 1. The number of halogens is 1. The van der Waals surface area contributed by atoms with E-state index < -0.39 is 17.4 Å². The minimum atomic E-state index is -0.827. The quantitative estimate of drug-likeness (QED) is 0.464. The molecule has 0 saturated carbocycles. The second-order valence-corrected chi connectivity index (χ2v) is 9.02. The molecule has 3 aromatic rings. The lowest BCUT2D eigenvalue weighted by Crippen LogP contribution is -2.29. The number of aliphatic hydroxyl groups excluding tert-OH is 1. The second kappa shape index (κ2) is 9.95. The lowest BCUT2D eigenvalue weighted by atomic mass is 9.84. The Morgan fingerprint density at radius 3 is 2.19 bits per heavy atom. The van der Waals surface area contributed by atoms with E-state index in [2.05, 4.69) is 5.32 Å². The van der Waals surface area contributed by atoms with Gasteiger partial charge in [-0.3, -0.25) is 4.79 Å². The highest BCUT2D eigenvalue weighted by atomic mass is 35.5. The van der Waals surface area contributed by atoms with Gasteiger partial charge in [-0.2, -0.15) is 0 Å². The van der Waals surface area contributed by atoms with E-state index in [4.69, 9.17) is 11.6 Å². The van der Waals surface area contributed by atoms with Crippen LogP contribution in [0.15, 0.2) is 84.9 Å². The van der Waals surface area contributed by atoms with Crippen LogP contribution in [-0.4, -0.2) is 17.1 Å². The van der Waals surface area contributed by atoms with E-state index >= 15 is 0 Å². The van der Waals surface area contributed by atoms with E-state index in [1.165, 1.54) is 0 Å². The Hall–Kier alpha value is -2.88. The van der Waals surface area contributed by atoms with Crippen LogP contribution in [0.25, 0.3) is 6.08 Å². The lowest BCUT2D eigenvalue weighted by Gasteiger charge is -2.26. The minimum absolute atomic E-state index is 0.0998. The number of rotatable bonds is 6. The highest BCUT2D eigenvalue weighted by molar-refractivity contribution is 6.30. The van der Waals surface area contributed by atoms with Crippen molar-refractivity contribution in [1.82, 2.24) is 0 Å². The van der Waals surface area contributed by atoms with Crippen LogP contribution in [0.3, 0.4) is 0 Å². The molecule has 3 nitrogen and oxygen atoms in total. The van der Waals surface area contributed by atoms with Gasteiger partial charge in [-0.25, -0.2) is 0 Å². The summed E-state index contributed by atoms with van der Waals surface area (Å²) in [5.41, 5.74) is 2.79. The van der Waals surface area contributed by atoms with Gasteiger partial charge in [-0.1, -0.05) is 105 Å². The fraction of sp³-hybridized carbons (Fsp3) is 0.222. The van der Waals surface area contributed by atoms with Crippen molar-refractivity contribution in [3.63, 3.8) is 0 Å². The van der Waals surface area contributed by atoms with Crippen molar-refractivity contribution in [2.75, 3.05) is 5.32 Å². The molecular formula is C27H28ClNO2. The van der Waals surface area contributed by atoms with Gasteiger partial charge in [0.25, 0.3) is 0 Å². The maximum atomic E-state index is 12.7. The molecule has 4 heteroatoms. The van der Waals surface area contributed by atoms with Crippen molar-refractivity contribution in [1.29, 1.82) is 0 Å². The molecule has 0 spiro atoms. The van der Waals surface area contributed by atoms with Crippen LogP contribution in [0.1, 0.15) is 43.4 Å². The molecule has 3 rings (SSSR count). The van der Waals surface area contributed by atoms with Crippen LogP contribution in [0, 0.1) is 5.41 Å². The third-order valence-corrected chi connectivity index (χ3v) is 5.30. The molecule has 2 N–H and O–H groups in total. The van der Waals surface area contributed by atoms with E-state index in [0.29, 0.717) is 10.7 Å². The molecule has 0 unspecified atom stereocenters. The second-order valence-electron chi connectivity index (χ2n) is 8.58. The zero-order valence-electron chi connectivity index (χ0n) is 18.0. The summed E-state index contributed by atoms with van der Waals surface area (Å²) in [6, 6.07) is 25.0. The van der Waals surface area contributed by atoms with Crippen LogP contribution < -0.4 is 5.32 Å². The Morgan fingerprint density at radius 2 is 1.58 bits per heavy atom. The third kappa shape index (κ3) is 6.06. The molecule has 2 atom stereocenters. The Morgan fingerprint density at radius 1 is 0.968 bits per heavy atom. The largest absolute Gasteiger partial charge is 0.388 e. The van der Waals surface area contributed by atoms with Gasteiger partial charge in [0.2, 0.25) is 5.91 Å². The molecule has 0 aromatic heterocycles. The van der Waals surface area contributed by atoms with Crippen LogP contribution in [0.2, 0.25) is 5.02 Å². The van der Waals surface area contributed by atoms with Gasteiger partial charge in [0.1, 0.15) is 0 Å². The predicted molar refractivity (Wildman–Crippen MR) is 129 cm³/mol. The molecule has 31 heavy (non-hydrogen) atoms. The molecule has 1 amide bonds. The van der Waals surface area contributed by atoms with Crippen molar-refractivity contribution in [2.24, 2.45) is 5.41 Å². The average molecular weight is 434 g/mol. The van der Waals surface area contributed by atoms with Crippen molar-refractivity contribution in [2.45, 2.75) is 32.8 Å². The molecule has 0 bridgehead atoms. The highest BCUT2D eigenvalue weighted by Crippen LogP contribution is 2.36. The summed E-state index contributed by atoms with van der Waals surface area (Å²) in [5, 5.41) is 14.8. The topological polar surface area (TPSA) is 49.3 Å². The van der Waals surface area contributed by atoms with E-state index in [-0.39, 0.29) is 5.91 Å². The van der Waals surface area contributed by atoms with Gasteiger partial charge >= 0.3 is 0 Å². The number of amides is 1. The standard InChI is InChI=1S/C27H28ClNO2/c1-27(2,3)26(31)29-23-16-15-21(28)18-22(23)25(20-12-8-5-9-13-20)24(30)17-14-19-10-6-4-7-11-19/h4-18,24-25,30H,1-3H3,(H,29,31)/b17-14+/t24-,25-/m1/s1. The number of hydrogen-bond acceptors (Lipinski definition) is 2. The van der Waals surface area contributed by atoms with Gasteiger partial charge in [-0.15, -0.1) is 0 Å². The smallest absolute Gasteiger partial charge is 0.229 e. The van der Waals surface area contributed by atoms with Gasteiger partial charge in [0.15, 0.2) is 0 Å². The molecule has 0 aliphatic carbocycles. The summed E-state index contributed by atoms with van der Waals surface area (Å²) in [5.74, 6) is -0.507. The minimum Gasteiger partial charge on any atom is -0.388 e. The van der Waals surface area contributed by atoms with Crippen LogP contribution in [0.4, 0.5) is 5.69 Å². The van der Waals surface area contributed by atoms with Crippen molar-refractivity contribution in [3.05, 3.63) is 107 Å². The van der Waals surface area contributed by atoms with E-state index in [0.717, 1.165) is 16.7 Å². The molecule has 0 heterocycles. The van der Waals surface area contributed by atoms with Crippen LogP contribution >= 0.6 is 11.6 Å². The number of carbonyl (C=O) groups excluding carboxylic acids is 1. The zero-order chi connectivity index (χ0) is 22.4. The van der Waals surface area contributed by atoms with Crippen LogP contribution in [0.5, 0.6) is 0 Å². The predicted octanol–water partition coefficient (Wildman–Crippen LogP) is 6.53. The molecule has 3 aromatic carbocycles. The van der Waals surface area contributed by atoms with E-state index in [1.54, 1.807) is 18.2 Å². The lowest BCUT2D eigenvalue weighted by molar-refractivity contribution is -0.123. The maximum Gasteiger partial charge on any atom is 0.229 e. The van der Waals surface area contributed by atoms with Crippen molar-refractivity contribution in [3.8, 4) is 0 Å². The molecule has 0 aliphatic rings. The molecule has 0 radical (unpaired) electrons. The number of carbonyl (C=O) groups is 1. The fourth-order valence-electron chi connectivity index (χ4n) is 3.32. The molecule has 160 valence electrons. The number of hydrogen-bond donors (Lipinski definition) is 2. The molecular weight excluding hydrogens is 406 g/mol. The normalized spacial score (nSPS) is 13.7. The van der Waals surface area contributed by atoms with Crippen molar-refractivity contribution >= 4 is 29.3 Å². The Labute approximate surface area is 189 Å². The summed E-state index contributed by atoms with van der Waals surface area (Å²) in [7, 11) is 0. The van der Waals surface area contributed by atoms with Crippen molar-refractivity contribution < 1.29 is 9.90 Å². The molecule has 0 saturated heterocycles.